The van der Waals surface area contributed by atoms with E-state index >= 15 is 0 Å². The van der Waals surface area contributed by atoms with E-state index in [0.717, 1.165) is 23.4 Å². The molecule has 7 nitrogen and oxygen atoms in total. The fourth-order valence-electron chi connectivity index (χ4n) is 3.77. The molecule has 7 heteroatoms. The second-order valence-corrected chi connectivity index (χ2v) is 6.68. The summed E-state index contributed by atoms with van der Waals surface area (Å²) in [7, 11) is 1.99. The number of aromatic nitrogens is 3. The molecule has 5 rings (SSSR count). The van der Waals surface area contributed by atoms with Gasteiger partial charge in [-0.25, -0.2) is 9.97 Å². The number of ether oxygens (including phenoxy) is 2. The highest BCUT2D eigenvalue weighted by Crippen LogP contribution is 2.34. The lowest BCUT2D eigenvalue weighted by Gasteiger charge is -2.17. The molecule has 0 saturated carbocycles. The topological polar surface area (TPSA) is 69.5 Å². The number of rotatable bonds is 2. The molecule has 132 valence electrons. The fourth-order valence-corrected chi connectivity index (χ4v) is 3.77. The number of nitrogens with zero attached hydrogens (tertiary/aromatic N) is 4. The number of likely N-dealkylation sites (tertiary alicyclic amines) is 1. The van der Waals surface area contributed by atoms with Gasteiger partial charge in [0.2, 0.25) is 6.79 Å². The van der Waals surface area contributed by atoms with Gasteiger partial charge in [0.1, 0.15) is 11.3 Å². The van der Waals surface area contributed by atoms with Crippen molar-refractivity contribution in [3.63, 3.8) is 0 Å². The zero-order valence-electron chi connectivity index (χ0n) is 14.4. The van der Waals surface area contributed by atoms with E-state index in [0.29, 0.717) is 30.2 Å². The Morgan fingerprint density at radius 3 is 3.00 bits per heavy atom. The molecule has 0 radical (unpaired) electrons. The molecule has 1 unspecified atom stereocenters. The predicted molar refractivity (Wildman–Crippen MR) is 94.3 cm³/mol. The number of imidazole rings is 1. The third-order valence-electron chi connectivity index (χ3n) is 5.12. The van der Waals surface area contributed by atoms with Gasteiger partial charge in [-0.1, -0.05) is 0 Å². The summed E-state index contributed by atoms with van der Waals surface area (Å²) in [6.45, 7) is 1.58. The summed E-state index contributed by atoms with van der Waals surface area (Å²) < 4.78 is 12.7. The van der Waals surface area contributed by atoms with E-state index in [1.54, 1.807) is 24.4 Å². The van der Waals surface area contributed by atoms with Gasteiger partial charge >= 0.3 is 0 Å². The molecule has 2 aromatic heterocycles. The Morgan fingerprint density at radius 1 is 1.23 bits per heavy atom. The molecular weight excluding hydrogens is 332 g/mol. The van der Waals surface area contributed by atoms with E-state index in [-0.39, 0.29) is 18.6 Å². The molecule has 2 aliphatic heterocycles. The van der Waals surface area contributed by atoms with Crippen molar-refractivity contribution in [2.24, 2.45) is 7.05 Å². The number of aryl methyl sites for hydroxylation is 1. The summed E-state index contributed by atoms with van der Waals surface area (Å²) in [5.41, 5.74) is 2.40. The summed E-state index contributed by atoms with van der Waals surface area (Å²) in [4.78, 5) is 23.9. The van der Waals surface area contributed by atoms with Gasteiger partial charge in [-0.15, -0.1) is 0 Å². The van der Waals surface area contributed by atoms with Crippen molar-refractivity contribution < 1.29 is 14.3 Å². The van der Waals surface area contributed by atoms with Gasteiger partial charge in [-0.2, -0.15) is 0 Å². The van der Waals surface area contributed by atoms with Crippen molar-refractivity contribution in [3.05, 3.63) is 47.9 Å². The van der Waals surface area contributed by atoms with Crippen LogP contribution in [-0.2, 0) is 7.05 Å². The van der Waals surface area contributed by atoms with Crippen molar-refractivity contribution in [1.82, 2.24) is 19.4 Å². The molecule has 0 spiro atoms. The molecule has 0 aliphatic carbocycles. The zero-order valence-corrected chi connectivity index (χ0v) is 14.4. The normalized spacial score (nSPS) is 18.7. The molecule has 1 amide bonds. The number of pyridine rings is 1. The van der Waals surface area contributed by atoms with Gasteiger partial charge in [0.25, 0.3) is 5.91 Å². The largest absolute Gasteiger partial charge is 0.454 e. The number of fused-ring (bicyclic) bond motifs is 2. The van der Waals surface area contributed by atoms with Gasteiger partial charge in [-0.3, -0.25) is 4.79 Å². The van der Waals surface area contributed by atoms with Crippen LogP contribution in [0, 0.1) is 0 Å². The third-order valence-corrected chi connectivity index (χ3v) is 5.12. The first-order chi connectivity index (χ1) is 12.7. The zero-order chi connectivity index (χ0) is 17.7. The fraction of sp³-hybridized carbons (Fsp3) is 0.316. The van der Waals surface area contributed by atoms with Crippen molar-refractivity contribution in [3.8, 4) is 11.5 Å². The maximum atomic E-state index is 12.9. The minimum Gasteiger partial charge on any atom is -0.454 e. The summed E-state index contributed by atoms with van der Waals surface area (Å²) in [5.74, 6) is 2.54. The number of hydrogen-bond acceptors (Lipinski definition) is 5. The van der Waals surface area contributed by atoms with Crippen LogP contribution in [0.3, 0.4) is 0 Å². The quantitative estimate of drug-likeness (QED) is 0.709. The minimum atomic E-state index is 0.0164. The van der Waals surface area contributed by atoms with Crippen LogP contribution in [0.4, 0.5) is 0 Å². The molecule has 26 heavy (non-hydrogen) atoms. The Kier molecular flexibility index (Phi) is 3.34. The number of hydrogen-bond donors (Lipinski definition) is 0. The molecule has 2 aliphatic rings. The predicted octanol–water partition coefficient (Wildman–Crippen LogP) is 2.33. The molecule has 1 atom stereocenters. The molecule has 0 bridgehead atoms. The molecular formula is C19H18N4O3. The Morgan fingerprint density at radius 2 is 2.12 bits per heavy atom. The van der Waals surface area contributed by atoms with Crippen LogP contribution in [0.1, 0.15) is 28.5 Å². The summed E-state index contributed by atoms with van der Waals surface area (Å²) in [6, 6.07) is 9.21. The first-order valence-electron chi connectivity index (χ1n) is 8.67. The third kappa shape index (κ3) is 2.31. The summed E-state index contributed by atoms with van der Waals surface area (Å²) >= 11 is 0. The van der Waals surface area contributed by atoms with Gasteiger partial charge in [0, 0.05) is 37.8 Å². The Balaban J connectivity index is 1.38. The van der Waals surface area contributed by atoms with Crippen LogP contribution in [0.15, 0.2) is 36.5 Å². The highest BCUT2D eigenvalue weighted by atomic mass is 16.7. The van der Waals surface area contributed by atoms with Crippen molar-refractivity contribution in [2.75, 3.05) is 19.9 Å². The van der Waals surface area contributed by atoms with Crippen molar-refractivity contribution in [2.45, 2.75) is 12.3 Å². The maximum absolute atomic E-state index is 12.9. The van der Waals surface area contributed by atoms with E-state index in [9.17, 15) is 4.79 Å². The lowest BCUT2D eigenvalue weighted by Crippen LogP contribution is -2.28. The van der Waals surface area contributed by atoms with Crippen LogP contribution in [0.25, 0.3) is 11.2 Å². The number of benzene rings is 1. The SMILES string of the molecule is Cn1c(C2CCN(C(=O)c3ccc4c(c3)OCO4)C2)nc2cccnc21. The number of carbonyl (C=O) groups is 1. The summed E-state index contributed by atoms with van der Waals surface area (Å²) in [6.07, 6.45) is 2.67. The maximum Gasteiger partial charge on any atom is 0.254 e. The van der Waals surface area contributed by atoms with Gasteiger partial charge in [0.05, 0.1) is 0 Å². The first-order valence-corrected chi connectivity index (χ1v) is 8.67. The Bertz CT molecular complexity index is 1010. The number of carbonyl (C=O) groups excluding carboxylic acids is 1. The van der Waals surface area contributed by atoms with E-state index in [1.165, 1.54) is 0 Å². The van der Waals surface area contributed by atoms with Gasteiger partial charge < -0.3 is 18.9 Å². The molecule has 1 aromatic carbocycles. The highest BCUT2D eigenvalue weighted by Gasteiger charge is 2.31. The Hall–Kier alpha value is -3.09. The molecule has 1 saturated heterocycles. The van der Waals surface area contributed by atoms with Crippen LogP contribution in [-0.4, -0.2) is 45.2 Å². The first kappa shape index (κ1) is 15.2. The van der Waals surface area contributed by atoms with E-state index in [2.05, 4.69) is 4.98 Å². The summed E-state index contributed by atoms with van der Waals surface area (Å²) in [5, 5.41) is 0. The van der Waals surface area contributed by atoms with E-state index < -0.39 is 0 Å². The van der Waals surface area contributed by atoms with Crippen LogP contribution in [0.2, 0.25) is 0 Å². The number of amides is 1. The highest BCUT2D eigenvalue weighted by molar-refractivity contribution is 5.95. The molecule has 0 N–H and O–H groups in total. The monoisotopic (exact) mass is 350 g/mol. The van der Waals surface area contributed by atoms with Crippen LogP contribution >= 0.6 is 0 Å². The molecule has 1 fully saturated rings. The second kappa shape index (κ2) is 5.72. The standard InChI is InChI=1S/C19H18N4O3/c1-22-17(21-14-3-2-7-20-18(14)22)13-6-8-23(10-13)19(24)12-4-5-15-16(9-12)26-11-25-15/h2-5,7,9,13H,6,8,10-11H2,1H3. The van der Waals surface area contributed by atoms with Crippen LogP contribution in [0.5, 0.6) is 11.5 Å². The molecule has 3 aromatic rings. The lowest BCUT2D eigenvalue weighted by molar-refractivity contribution is 0.0790. The van der Waals surface area contributed by atoms with Crippen molar-refractivity contribution in [1.29, 1.82) is 0 Å². The van der Waals surface area contributed by atoms with Crippen molar-refractivity contribution >= 4 is 17.1 Å². The lowest BCUT2D eigenvalue weighted by atomic mass is 10.1. The smallest absolute Gasteiger partial charge is 0.254 e. The minimum absolute atomic E-state index is 0.0164. The van der Waals surface area contributed by atoms with E-state index in [4.69, 9.17) is 14.5 Å². The average molecular weight is 350 g/mol. The Labute approximate surface area is 150 Å². The average Bonchev–Trinajstić information content (AvgIpc) is 3.39. The van der Waals surface area contributed by atoms with Crippen LogP contribution < -0.4 is 9.47 Å². The second-order valence-electron chi connectivity index (χ2n) is 6.68. The van der Waals surface area contributed by atoms with E-state index in [1.807, 2.05) is 28.6 Å². The van der Waals surface area contributed by atoms with Gasteiger partial charge in [0.15, 0.2) is 17.1 Å². The molecule has 4 heterocycles. The van der Waals surface area contributed by atoms with Gasteiger partial charge in [-0.05, 0) is 36.8 Å².